The fourth-order valence-electron chi connectivity index (χ4n) is 3.63. The molecule has 24 heavy (non-hydrogen) atoms. The van der Waals surface area contributed by atoms with Gasteiger partial charge in [0.25, 0.3) is 0 Å². The minimum absolute atomic E-state index is 0.563. The highest BCUT2D eigenvalue weighted by atomic mass is 16.3. The number of aryl methyl sites for hydroxylation is 2. The molecule has 2 aromatic heterocycles. The Hall–Kier alpha value is -2.14. The third-order valence-electron chi connectivity index (χ3n) is 4.85. The fourth-order valence-corrected chi connectivity index (χ4v) is 3.63. The topological polar surface area (TPSA) is 58.0 Å². The number of hydrogen-bond donors (Lipinski definition) is 1. The number of nitrogens with zero attached hydrogens (tertiary/aromatic N) is 3. The Morgan fingerprint density at radius 3 is 3.08 bits per heavy atom. The van der Waals surface area contributed by atoms with Gasteiger partial charge in [0, 0.05) is 24.6 Å². The van der Waals surface area contributed by atoms with Crippen molar-refractivity contribution in [1.82, 2.24) is 20.1 Å². The monoisotopic (exact) mass is 324 g/mol. The first-order valence-corrected chi connectivity index (χ1v) is 8.86. The Morgan fingerprint density at radius 1 is 1.33 bits per heavy atom. The van der Waals surface area contributed by atoms with Gasteiger partial charge in [0.05, 0.1) is 5.69 Å². The summed E-state index contributed by atoms with van der Waals surface area (Å²) in [6.45, 7) is 5.46. The van der Waals surface area contributed by atoms with E-state index in [0.29, 0.717) is 5.92 Å². The van der Waals surface area contributed by atoms with Crippen molar-refractivity contribution in [3.8, 4) is 0 Å². The molecule has 1 fully saturated rings. The van der Waals surface area contributed by atoms with Crippen LogP contribution in [0.5, 0.6) is 0 Å². The van der Waals surface area contributed by atoms with E-state index in [2.05, 4.69) is 33.1 Å². The van der Waals surface area contributed by atoms with Gasteiger partial charge in [-0.15, -0.1) is 0 Å². The van der Waals surface area contributed by atoms with Crippen molar-refractivity contribution in [3.63, 3.8) is 0 Å². The second-order valence-corrected chi connectivity index (χ2v) is 6.79. The van der Waals surface area contributed by atoms with Crippen LogP contribution in [0.15, 0.2) is 34.7 Å². The summed E-state index contributed by atoms with van der Waals surface area (Å²) < 4.78 is 5.81. The molecule has 5 heteroatoms. The normalized spacial score (nSPS) is 19.1. The Morgan fingerprint density at radius 2 is 2.25 bits per heavy atom. The summed E-state index contributed by atoms with van der Waals surface area (Å²) in [5, 5.41) is 7.52. The van der Waals surface area contributed by atoms with Gasteiger partial charge in [0.15, 0.2) is 11.5 Å². The lowest BCUT2D eigenvalue weighted by molar-refractivity contribution is 0.203. The highest BCUT2D eigenvalue weighted by molar-refractivity contribution is 5.72. The first-order valence-electron chi connectivity index (χ1n) is 8.86. The van der Waals surface area contributed by atoms with Crippen LogP contribution in [0.2, 0.25) is 0 Å². The van der Waals surface area contributed by atoms with Crippen LogP contribution in [-0.4, -0.2) is 39.7 Å². The predicted molar refractivity (Wildman–Crippen MR) is 94.1 cm³/mol. The number of oxazole rings is 1. The van der Waals surface area contributed by atoms with Crippen molar-refractivity contribution in [3.05, 3.63) is 47.6 Å². The van der Waals surface area contributed by atoms with Gasteiger partial charge in [-0.25, -0.2) is 4.98 Å². The molecule has 4 rings (SSSR count). The number of piperidine rings is 1. The highest BCUT2D eigenvalue weighted by Crippen LogP contribution is 2.26. The maximum atomic E-state index is 5.81. The Bertz CT molecular complexity index is 773. The number of likely N-dealkylation sites (tertiary alicyclic amines) is 1. The summed E-state index contributed by atoms with van der Waals surface area (Å²) in [6.07, 6.45) is 4.47. The SMILES string of the molecule is Cc1cc(C2CCCN(CCCc3nc4ccccc4o3)C2)n[nH]1. The van der Waals surface area contributed by atoms with E-state index in [4.69, 9.17) is 4.42 Å². The second-order valence-electron chi connectivity index (χ2n) is 6.79. The number of para-hydroxylation sites is 2. The molecule has 1 saturated heterocycles. The van der Waals surface area contributed by atoms with Gasteiger partial charge in [0.2, 0.25) is 0 Å². The molecule has 0 radical (unpaired) electrons. The van der Waals surface area contributed by atoms with Crippen molar-refractivity contribution in [2.24, 2.45) is 0 Å². The van der Waals surface area contributed by atoms with Crippen LogP contribution in [0.3, 0.4) is 0 Å². The molecule has 3 heterocycles. The molecule has 0 saturated carbocycles. The number of rotatable bonds is 5. The molecule has 3 aromatic rings. The van der Waals surface area contributed by atoms with Crippen LogP contribution in [0.1, 0.15) is 42.5 Å². The van der Waals surface area contributed by atoms with Crippen molar-refractivity contribution in [2.75, 3.05) is 19.6 Å². The van der Waals surface area contributed by atoms with Gasteiger partial charge >= 0.3 is 0 Å². The summed E-state index contributed by atoms with van der Waals surface area (Å²) >= 11 is 0. The molecule has 1 aliphatic heterocycles. The smallest absolute Gasteiger partial charge is 0.195 e. The van der Waals surface area contributed by atoms with Crippen LogP contribution in [0, 0.1) is 6.92 Å². The van der Waals surface area contributed by atoms with Gasteiger partial charge in [-0.3, -0.25) is 5.10 Å². The zero-order chi connectivity index (χ0) is 16.4. The number of H-pyrrole nitrogens is 1. The number of fused-ring (bicyclic) bond motifs is 1. The number of nitrogens with one attached hydrogen (secondary N) is 1. The van der Waals surface area contributed by atoms with Crippen LogP contribution in [0.25, 0.3) is 11.1 Å². The first-order chi connectivity index (χ1) is 11.8. The number of aromatic nitrogens is 3. The molecule has 1 unspecified atom stereocenters. The molecule has 1 atom stereocenters. The van der Waals surface area contributed by atoms with E-state index in [9.17, 15) is 0 Å². The van der Waals surface area contributed by atoms with Crippen LogP contribution < -0.4 is 0 Å². The summed E-state index contributed by atoms with van der Waals surface area (Å²) in [5.41, 5.74) is 4.22. The standard InChI is InChI=1S/C19H24N4O/c1-14-12-17(22-21-14)15-6-4-10-23(13-15)11-5-9-19-20-16-7-2-3-8-18(16)24-19/h2-3,7-8,12,15H,4-6,9-11,13H2,1H3,(H,21,22). The predicted octanol–water partition coefficient (Wildman–Crippen LogP) is 3.67. The maximum absolute atomic E-state index is 5.81. The molecule has 0 spiro atoms. The molecule has 0 bridgehead atoms. The Labute approximate surface area is 142 Å². The van der Waals surface area contributed by atoms with Gasteiger partial charge in [-0.1, -0.05) is 12.1 Å². The summed E-state index contributed by atoms with van der Waals surface area (Å²) in [7, 11) is 0. The number of hydrogen-bond acceptors (Lipinski definition) is 4. The summed E-state index contributed by atoms with van der Waals surface area (Å²) in [4.78, 5) is 7.12. The third-order valence-corrected chi connectivity index (χ3v) is 4.85. The Balaban J connectivity index is 1.30. The van der Waals surface area contributed by atoms with Crippen LogP contribution >= 0.6 is 0 Å². The first kappa shape index (κ1) is 15.4. The number of aromatic amines is 1. The summed E-state index contributed by atoms with van der Waals surface area (Å²) in [5.74, 6) is 1.42. The molecule has 1 aliphatic rings. The lowest BCUT2D eigenvalue weighted by atomic mass is 9.94. The van der Waals surface area contributed by atoms with E-state index in [1.165, 1.54) is 25.1 Å². The molecule has 0 aliphatic carbocycles. The van der Waals surface area contributed by atoms with E-state index >= 15 is 0 Å². The van der Waals surface area contributed by atoms with E-state index < -0.39 is 0 Å². The zero-order valence-corrected chi connectivity index (χ0v) is 14.2. The van der Waals surface area contributed by atoms with Crippen molar-refractivity contribution >= 4 is 11.1 Å². The molecular weight excluding hydrogens is 300 g/mol. The van der Waals surface area contributed by atoms with Crippen LogP contribution in [-0.2, 0) is 6.42 Å². The van der Waals surface area contributed by atoms with Crippen molar-refractivity contribution < 1.29 is 4.42 Å². The van der Waals surface area contributed by atoms with E-state index in [1.807, 2.05) is 24.3 Å². The van der Waals surface area contributed by atoms with Crippen molar-refractivity contribution in [1.29, 1.82) is 0 Å². The van der Waals surface area contributed by atoms with Crippen molar-refractivity contribution in [2.45, 2.75) is 38.5 Å². The van der Waals surface area contributed by atoms with E-state index in [-0.39, 0.29) is 0 Å². The fraction of sp³-hybridized carbons (Fsp3) is 0.474. The molecular formula is C19H24N4O. The second kappa shape index (κ2) is 6.77. The van der Waals surface area contributed by atoms with E-state index in [1.54, 1.807) is 0 Å². The average Bonchev–Trinajstić information content (AvgIpc) is 3.21. The highest BCUT2D eigenvalue weighted by Gasteiger charge is 2.22. The minimum atomic E-state index is 0.563. The molecule has 1 aromatic carbocycles. The van der Waals surface area contributed by atoms with Gasteiger partial charge in [0.1, 0.15) is 5.52 Å². The lowest BCUT2D eigenvalue weighted by Crippen LogP contribution is -2.35. The average molecular weight is 324 g/mol. The van der Waals surface area contributed by atoms with Gasteiger partial charge in [-0.2, -0.15) is 5.10 Å². The molecule has 1 N–H and O–H groups in total. The molecule has 5 nitrogen and oxygen atoms in total. The Kier molecular flexibility index (Phi) is 4.34. The zero-order valence-electron chi connectivity index (χ0n) is 14.2. The van der Waals surface area contributed by atoms with Gasteiger partial charge in [-0.05, 0) is 57.5 Å². The molecule has 0 amide bonds. The minimum Gasteiger partial charge on any atom is -0.441 e. The maximum Gasteiger partial charge on any atom is 0.195 e. The number of benzene rings is 1. The molecule has 126 valence electrons. The summed E-state index contributed by atoms with van der Waals surface area (Å²) in [6, 6.07) is 10.2. The third kappa shape index (κ3) is 3.36. The largest absolute Gasteiger partial charge is 0.441 e. The van der Waals surface area contributed by atoms with Gasteiger partial charge < -0.3 is 9.32 Å². The van der Waals surface area contributed by atoms with Crippen LogP contribution in [0.4, 0.5) is 0 Å². The lowest BCUT2D eigenvalue weighted by Gasteiger charge is -2.31. The quantitative estimate of drug-likeness (QED) is 0.778. The van der Waals surface area contributed by atoms with E-state index in [0.717, 1.165) is 48.6 Å².